The molecule has 0 atom stereocenters. The van der Waals surface area contributed by atoms with Gasteiger partial charge in [0, 0.05) is 16.7 Å². The Bertz CT molecular complexity index is 359. The first-order valence-electron chi connectivity index (χ1n) is 5.19. The fourth-order valence-electron chi connectivity index (χ4n) is 2.19. The highest BCUT2D eigenvalue weighted by Gasteiger charge is 2.26. The van der Waals surface area contributed by atoms with E-state index in [2.05, 4.69) is 0 Å². The summed E-state index contributed by atoms with van der Waals surface area (Å²) in [6, 6.07) is 0. The predicted molar refractivity (Wildman–Crippen MR) is 53.9 cm³/mol. The monoisotopic (exact) mass is 190 g/mol. The Morgan fingerprint density at radius 3 is 2.36 bits per heavy atom. The van der Waals surface area contributed by atoms with Crippen LogP contribution in [0.15, 0.2) is 22.8 Å². The van der Waals surface area contributed by atoms with Crippen molar-refractivity contribution < 1.29 is 9.59 Å². The van der Waals surface area contributed by atoms with Gasteiger partial charge in [-0.2, -0.15) is 0 Å². The van der Waals surface area contributed by atoms with E-state index < -0.39 is 0 Å². The Hall–Kier alpha value is -1.18. The van der Waals surface area contributed by atoms with Gasteiger partial charge in [0.15, 0.2) is 11.6 Å². The van der Waals surface area contributed by atoms with Crippen LogP contribution in [-0.4, -0.2) is 11.6 Å². The standard InChI is InChI=1S/C12H14O2/c1-8-7-11(13)9-5-3-2-4-6-10(9)12(8)14/h7H,2-6H2,1H3. The van der Waals surface area contributed by atoms with Crippen LogP contribution in [0.1, 0.15) is 39.0 Å². The lowest BCUT2D eigenvalue weighted by atomic mass is 9.87. The van der Waals surface area contributed by atoms with Crippen molar-refractivity contribution >= 4 is 11.6 Å². The molecule has 0 N–H and O–H groups in total. The molecule has 2 rings (SSSR count). The van der Waals surface area contributed by atoms with E-state index >= 15 is 0 Å². The number of hydrogen-bond acceptors (Lipinski definition) is 2. The second-order valence-electron chi connectivity index (χ2n) is 4.04. The first-order valence-corrected chi connectivity index (χ1v) is 5.19. The van der Waals surface area contributed by atoms with Gasteiger partial charge in [-0.15, -0.1) is 0 Å². The summed E-state index contributed by atoms with van der Waals surface area (Å²) < 4.78 is 0. The van der Waals surface area contributed by atoms with Crippen molar-refractivity contribution in [1.82, 2.24) is 0 Å². The first kappa shape index (κ1) is 9.38. The number of allylic oxidation sites excluding steroid dienone is 4. The van der Waals surface area contributed by atoms with E-state index in [1.54, 1.807) is 6.92 Å². The highest BCUT2D eigenvalue weighted by molar-refractivity contribution is 6.22. The third kappa shape index (κ3) is 1.45. The minimum absolute atomic E-state index is 0.0685. The lowest BCUT2D eigenvalue weighted by Crippen LogP contribution is -2.17. The average Bonchev–Trinajstić information content (AvgIpc) is 2.39. The summed E-state index contributed by atoms with van der Waals surface area (Å²) in [5, 5.41) is 0. The van der Waals surface area contributed by atoms with Crippen LogP contribution in [0.25, 0.3) is 0 Å². The molecule has 0 saturated heterocycles. The molecule has 0 spiro atoms. The summed E-state index contributed by atoms with van der Waals surface area (Å²) in [7, 11) is 0. The number of rotatable bonds is 0. The zero-order valence-corrected chi connectivity index (χ0v) is 8.43. The normalized spacial score (nSPS) is 23.1. The molecule has 0 saturated carbocycles. The van der Waals surface area contributed by atoms with Gasteiger partial charge in [0.2, 0.25) is 0 Å². The number of ketones is 2. The number of Topliss-reactive ketones (excluding diaryl/α,β-unsaturated/α-hetero) is 1. The fraction of sp³-hybridized carbons (Fsp3) is 0.500. The zero-order valence-electron chi connectivity index (χ0n) is 8.43. The molecule has 2 aliphatic rings. The topological polar surface area (TPSA) is 34.1 Å². The van der Waals surface area contributed by atoms with Gasteiger partial charge in [0.25, 0.3) is 0 Å². The van der Waals surface area contributed by atoms with E-state index in [-0.39, 0.29) is 11.6 Å². The van der Waals surface area contributed by atoms with Crippen LogP contribution in [-0.2, 0) is 9.59 Å². The van der Waals surface area contributed by atoms with E-state index in [9.17, 15) is 9.59 Å². The van der Waals surface area contributed by atoms with Gasteiger partial charge in [0.1, 0.15) is 0 Å². The van der Waals surface area contributed by atoms with Crippen LogP contribution in [0.5, 0.6) is 0 Å². The molecule has 0 aromatic heterocycles. The highest BCUT2D eigenvalue weighted by atomic mass is 16.1. The summed E-state index contributed by atoms with van der Waals surface area (Å²) in [4.78, 5) is 23.4. The van der Waals surface area contributed by atoms with Crippen molar-refractivity contribution in [2.45, 2.75) is 39.0 Å². The quantitative estimate of drug-likeness (QED) is 0.549. The lowest BCUT2D eigenvalue weighted by Gasteiger charge is -2.14. The van der Waals surface area contributed by atoms with Gasteiger partial charge in [-0.25, -0.2) is 0 Å². The molecule has 0 fully saturated rings. The number of carbonyl (C=O) groups excluding carboxylic acids is 2. The molecule has 14 heavy (non-hydrogen) atoms. The van der Waals surface area contributed by atoms with Crippen molar-refractivity contribution in [3.63, 3.8) is 0 Å². The van der Waals surface area contributed by atoms with Crippen LogP contribution in [0.3, 0.4) is 0 Å². The number of carbonyl (C=O) groups is 2. The van der Waals surface area contributed by atoms with Crippen molar-refractivity contribution in [1.29, 1.82) is 0 Å². The Morgan fingerprint density at radius 2 is 1.64 bits per heavy atom. The number of hydrogen-bond donors (Lipinski definition) is 0. The Balaban J connectivity index is 2.41. The molecule has 0 radical (unpaired) electrons. The maximum atomic E-state index is 11.8. The van der Waals surface area contributed by atoms with E-state index in [0.29, 0.717) is 5.57 Å². The Kier molecular flexibility index (Phi) is 2.36. The Labute approximate surface area is 83.7 Å². The minimum atomic E-state index is 0.0685. The second-order valence-corrected chi connectivity index (χ2v) is 4.04. The summed E-state index contributed by atoms with van der Waals surface area (Å²) in [6.07, 6.45) is 6.31. The van der Waals surface area contributed by atoms with Crippen molar-refractivity contribution in [2.75, 3.05) is 0 Å². The van der Waals surface area contributed by atoms with Gasteiger partial charge in [-0.1, -0.05) is 6.42 Å². The van der Waals surface area contributed by atoms with Crippen LogP contribution >= 0.6 is 0 Å². The SMILES string of the molecule is CC1=CC(=O)C2=C(CCCCC2)C1=O. The van der Waals surface area contributed by atoms with Crippen LogP contribution in [0.4, 0.5) is 0 Å². The maximum absolute atomic E-state index is 11.8. The molecule has 2 heteroatoms. The molecule has 0 aromatic rings. The van der Waals surface area contributed by atoms with Gasteiger partial charge in [0.05, 0.1) is 0 Å². The molecule has 0 aliphatic heterocycles. The summed E-state index contributed by atoms with van der Waals surface area (Å²) in [5.74, 6) is 0.167. The minimum Gasteiger partial charge on any atom is -0.290 e. The lowest BCUT2D eigenvalue weighted by molar-refractivity contribution is -0.116. The Morgan fingerprint density at radius 1 is 1.00 bits per heavy atom. The maximum Gasteiger partial charge on any atom is 0.185 e. The van der Waals surface area contributed by atoms with E-state index in [1.807, 2.05) is 0 Å². The van der Waals surface area contributed by atoms with E-state index in [1.165, 1.54) is 6.08 Å². The molecule has 0 unspecified atom stereocenters. The largest absolute Gasteiger partial charge is 0.290 e. The molecule has 2 aliphatic carbocycles. The van der Waals surface area contributed by atoms with Crippen LogP contribution < -0.4 is 0 Å². The molecular weight excluding hydrogens is 176 g/mol. The van der Waals surface area contributed by atoms with E-state index in [0.717, 1.165) is 43.3 Å². The molecule has 74 valence electrons. The van der Waals surface area contributed by atoms with Crippen molar-refractivity contribution in [2.24, 2.45) is 0 Å². The summed E-state index contributed by atoms with van der Waals surface area (Å²) in [5.41, 5.74) is 2.20. The zero-order chi connectivity index (χ0) is 10.1. The smallest absolute Gasteiger partial charge is 0.185 e. The van der Waals surface area contributed by atoms with Gasteiger partial charge < -0.3 is 0 Å². The molecule has 2 nitrogen and oxygen atoms in total. The third-order valence-corrected chi connectivity index (χ3v) is 3.00. The molecule has 0 heterocycles. The first-order chi connectivity index (χ1) is 6.70. The van der Waals surface area contributed by atoms with Gasteiger partial charge >= 0.3 is 0 Å². The molecular formula is C12H14O2. The third-order valence-electron chi connectivity index (χ3n) is 3.00. The molecule has 0 amide bonds. The van der Waals surface area contributed by atoms with Gasteiger partial charge in [-0.3, -0.25) is 9.59 Å². The van der Waals surface area contributed by atoms with Crippen LogP contribution in [0.2, 0.25) is 0 Å². The van der Waals surface area contributed by atoms with E-state index in [4.69, 9.17) is 0 Å². The molecule has 0 aromatic carbocycles. The average molecular weight is 190 g/mol. The molecule has 0 bridgehead atoms. The predicted octanol–water partition coefficient (Wildman–Crippen LogP) is 2.35. The second kappa shape index (κ2) is 3.52. The van der Waals surface area contributed by atoms with Crippen molar-refractivity contribution in [3.8, 4) is 0 Å². The summed E-state index contributed by atoms with van der Waals surface area (Å²) >= 11 is 0. The van der Waals surface area contributed by atoms with Gasteiger partial charge in [-0.05, 0) is 38.7 Å². The summed E-state index contributed by atoms with van der Waals surface area (Å²) in [6.45, 7) is 1.73. The fourth-order valence-corrected chi connectivity index (χ4v) is 2.19. The van der Waals surface area contributed by atoms with Crippen LogP contribution in [0, 0.1) is 0 Å². The van der Waals surface area contributed by atoms with Crippen molar-refractivity contribution in [3.05, 3.63) is 22.8 Å². The highest BCUT2D eigenvalue weighted by Crippen LogP contribution is 2.30.